The first kappa shape index (κ1) is 17.4. The maximum atomic E-state index is 13.1. The first-order valence-electron chi connectivity index (χ1n) is 9.05. The average Bonchev–Trinajstić information content (AvgIpc) is 2.54. The van der Waals surface area contributed by atoms with Crippen molar-refractivity contribution < 1.29 is 9.18 Å². The fourth-order valence-corrected chi connectivity index (χ4v) is 3.69. The summed E-state index contributed by atoms with van der Waals surface area (Å²) in [5, 5.41) is 3.12. The first-order chi connectivity index (χ1) is 11.6. The van der Waals surface area contributed by atoms with E-state index >= 15 is 0 Å². The summed E-state index contributed by atoms with van der Waals surface area (Å²) in [7, 11) is 2.16. The van der Waals surface area contributed by atoms with Crippen molar-refractivity contribution in [1.29, 1.82) is 0 Å². The standard InChI is InChI=1S/C19H28FN3O/c1-22-12-14-23(15-13-22)11-3-10-21-18(24)19(8-2-9-19)16-4-6-17(20)7-5-16/h4-7H,2-3,8-15H2,1H3,(H,21,24). The van der Waals surface area contributed by atoms with Crippen molar-refractivity contribution in [3.63, 3.8) is 0 Å². The molecule has 1 N–H and O–H groups in total. The van der Waals surface area contributed by atoms with Crippen LogP contribution in [0, 0.1) is 5.82 Å². The number of rotatable bonds is 6. The second kappa shape index (κ2) is 7.62. The van der Waals surface area contributed by atoms with E-state index < -0.39 is 5.41 Å². The van der Waals surface area contributed by atoms with Crippen molar-refractivity contribution >= 4 is 5.91 Å². The zero-order chi connectivity index (χ0) is 17.0. The van der Waals surface area contributed by atoms with Gasteiger partial charge in [0.2, 0.25) is 5.91 Å². The topological polar surface area (TPSA) is 35.6 Å². The second-order valence-corrected chi connectivity index (χ2v) is 7.20. The normalized spacial score (nSPS) is 21.2. The summed E-state index contributed by atoms with van der Waals surface area (Å²) >= 11 is 0. The minimum Gasteiger partial charge on any atom is -0.355 e. The number of amides is 1. The van der Waals surface area contributed by atoms with Gasteiger partial charge in [0, 0.05) is 32.7 Å². The Morgan fingerprint density at radius 3 is 2.42 bits per heavy atom. The van der Waals surface area contributed by atoms with Crippen molar-refractivity contribution in [2.45, 2.75) is 31.1 Å². The van der Waals surface area contributed by atoms with E-state index in [4.69, 9.17) is 0 Å². The molecule has 24 heavy (non-hydrogen) atoms. The van der Waals surface area contributed by atoms with Gasteiger partial charge in [-0.05, 0) is 50.6 Å². The Balaban J connectivity index is 1.46. The maximum Gasteiger partial charge on any atom is 0.230 e. The van der Waals surface area contributed by atoms with Crippen LogP contribution in [0.4, 0.5) is 4.39 Å². The third-order valence-electron chi connectivity index (χ3n) is 5.57. The Morgan fingerprint density at radius 1 is 1.17 bits per heavy atom. The molecule has 4 nitrogen and oxygen atoms in total. The molecule has 3 rings (SSSR count). The molecule has 1 aromatic rings. The molecule has 132 valence electrons. The van der Waals surface area contributed by atoms with E-state index in [1.165, 1.54) is 12.1 Å². The Bertz CT molecular complexity index is 548. The molecule has 2 aliphatic rings. The zero-order valence-corrected chi connectivity index (χ0v) is 14.6. The van der Waals surface area contributed by atoms with Crippen LogP contribution in [0.5, 0.6) is 0 Å². The van der Waals surface area contributed by atoms with E-state index in [9.17, 15) is 9.18 Å². The van der Waals surface area contributed by atoms with Crippen LogP contribution in [0.25, 0.3) is 0 Å². The predicted octanol–water partition coefficient (Wildman–Crippen LogP) is 2.00. The lowest BCUT2D eigenvalue weighted by Gasteiger charge is -2.40. The summed E-state index contributed by atoms with van der Waals surface area (Å²) in [4.78, 5) is 17.5. The highest BCUT2D eigenvalue weighted by molar-refractivity contribution is 5.89. The van der Waals surface area contributed by atoms with Gasteiger partial charge in [0.05, 0.1) is 5.41 Å². The number of halogens is 1. The van der Waals surface area contributed by atoms with Crippen LogP contribution in [0.1, 0.15) is 31.2 Å². The summed E-state index contributed by atoms with van der Waals surface area (Å²) in [6, 6.07) is 6.43. The smallest absolute Gasteiger partial charge is 0.230 e. The van der Waals surface area contributed by atoms with Crippen molar-refractivity contribution in [2.75, 3.05) is 46.3 Å². The van der Waals surface area contributed by atoms with Gasteiger partial charge in [0.25, 0.3) is 0 Å². The molecule has 0 spiro atoms. The highest BCUT2D eigenvalue weighted by Gasteiger charge is 2.45. The number of likely N-dealkylation sites (N-methyl/N-ethyl adjacent to an activating group) is 1. The van der Waals surface area contributed by atoms with Crippen LogP contribution < -0.4 is 5.32 Å². The van der Waals surface area contributed by atoms with Crippen LogP contribution in [0.2, 0.25) is 0 Å². The molecule has 0 radical (unpaired) electrons. The summed E-state index contributed by atoms with van der Waals surface area (Å²) in [5.41, 5.74) is 0.522. The number of hydrogen-bond donors (Lipinski definition) is 1. The molecule has 0 atom stereocenters. The zero-order valence-electron chi connectivity index (χ0n) is 14.6. The number of carbonyl (C=O) groups is 1. The van der Waals surface area contributed by atoms with Crippen molar-refractivity contribution in [3.8, 4) is 0 Å². The Hall–Kier alpha value is -1.46. The van der Waals surface area contributed by atoms with Crippen molar-refractivity contribution in [2.24, 2.45) is 0 Å². The van der Waals surface area contributed by atoms with Crippen molar-refractivity contribution in [3.05, 3.63) is 35.6 Å². The SMILES string of the molecule is CN1CCN(CCCNC(=O)C2(c3ccc(F)cc3)CCC2)CC1. The molecule has 5 heteroatoms. The summed E-state index contributed by atoms with van der Waals surface area (Å²) in [6.45, 7) is 6.24. The number of hydrogen-bond acceptors (Lipinski definition) is 3. The van der Waals surface area contributed by atoms with Gasteiger partial charge in [-0.1, -0.05) is 18.6 Å². The van der Waals surface area contributed by atoms with Crippen molar-refractivity contribution in [1.82, 2.24) is 15.1 Å². The summed E-state index contributed by atoms with van der Waals surface area (Å²) in [6.07, 6.45) is 3.77. The molecule has 1 heterocycles. The van der Waals surface area contributed by atoms with Crippen LogP contribution in [-0.4, -0.2) is 62.0 Å². The highest BCUT2D eigenvalue weighted by atomic mass is 19.1. The number of benzene rings is 1. The molecule has 1 aromatic carbocycles. The Kier molecular flexibility index (Phi) is 5.51. The largest absolute Gasteiger partial charge is 0.355 e. The molecule has 0 bridgehead atoms. The van der Waals surface area contributed by atoms with Gasteiger partial charge in [-0.25, -0.2) is 4.39 Å². The lowest BCUT2D eigenvalue weighted by atomic mass is 9.64. The molecule has 1 saturated heterocycles. The molecular weight excluding hydrogens is 305 g/mol. The van der Waals surface area contributed by atoms with E-state index in [0.29, 0.717) is 6.54 Å². The number of nitrogens with zero attached hydrogens (tertiary/aromatic N) is 2. The molecule has 0 unspecified atom stereocenters. The number of piperazine rings is 1. The average molecular weight is 333 g/mol. The monoisotopic (exact) mass is 333 g/mol. The van der Waals surface area contributed by atoms with Gasteiger partial charge in [-0.3, -0.25) is 4.79 Å². The minimum absolute atomic E-state index is 0.110. The Morgan fingerprint density at radius 2 is 1.83 bits per heavy atom. The molecule has 1 amide bonds. The van der Waals surface area contributed by atoms with Crippen LogP contribution >= 0.6 is 0 Å². The quantitative estimate of drug-likeness (QED) is 0.809. The van der Waals surface area contributed by atoms with E-state index in [2.05, 4.69) is 22.2 Å². The molecule has 1 aliphatic heterocycles. The van der Waals surface area contributed by atoms with Gasteiger partial charge in [0.15, 0.2) is 0 Å². The summed E-state index contributed by atoms with van der Waals surface area (Å²) in [5.74, 6) is -0.139. The minimum atomic E-state index is -0.429. The molecular formula is C19H28FN3O. The van der Waals surface area contributed by atoms with Gasteiger partial charge >= 0.3 is 0 Å². The lowest BCUT2D eigenvalue weighted by Crippen LogP contribution is -2.50. The fraction of sp³-hybridized carbons (Fsp3) is 0.632. The molecule has 1 saturated carbocycles. The van der Waals surface area contributed by atoms with E-state index in [-0.39, 0.29) is 11.7 Å². The van der Waals surface area contributed by atoms with Crippen LogP contribution in [0.15, 0.2) is 24.3 Å². The van der Waals surface area contributed by atoms with Gasteiger partial charge < -0.3 is 15.1 Å². The predicted molar refractivity (Wildman–Crippen MR) is 93.5 cm³/mol. The van der Waals surface area contributed by atoms with Gasteiger partial charge in [0.1, 0.15) is 5.82 Å². The fourth-order valence-electron chi connectivity index (χ4n) is 3.69. The van der Waals surface area contributed by atoms with Gasteiger partial charge in [-0.2, -0.15) is 0 Å². The molecule has 0 aromatic heterocycles. The van der Waals surface area contributed by atoms with Gasteiger partial charge in [-0.15, -0.1) is 0 Å². The number of nitrogens with one attached hydrogen (secondary N) is 1. The number of carbonyl (C=O) groups excluding carboxylic acids is 1. The van der Waals surface area contributed by atoms with E-state index in [0.717, 1.165) is 64.0 Å². The maximum absolute atomic E-state index is 13.1. The highest BCUT2D eigenvalue weighted by Crippen LogP contribution is 2.43. The lowest BCUT2D eigenvalue weighted by molar-refractivity contribution is -0.129. The Labute approximate surface area is 144 Å². The second-order valence-electron chi connectivity index (χ2n) is 7.20. The molecule has 1 aliphatic carbocycles. The molecule has 2 fully saturated rings. The van der Waals surface area contributed by atoms with E-state index in [1.54, 1.807) is 12.1 Å². The van der Waals surface area contributed by atoms with E-state index in [1.807, 2.05) is 0 Å². The van der Waals surface area contributed by atoms with Crippen LogP contribution in [0.3, 0.4) is 0 Å². The third kappa shape index (κ3) is 3.78. The van der Waals surface area contributed by atoms with Crippen LogP contribution in [-0.2, 0) is 10.2 Å². The third-order valence-corrected chi connectivity index (χ3v) is 5.57. The summed E-state index contributed by atoms with van der Waals surface area (Å²) < 4.78 is 13.1. The first-order valence-corrected chi connectivity index (χ1v) is 9.05.